The zero-order valence-electron chi connectivity index (χ0n) is 22.0. The van der Waals surface area contributed by atoms with Crippen molar-refractivity contribution < 1.29 is 69.0 Å². The first-order valence-electron chi connectivity index (χ1n) is 12.8. The minimum atomic E-state index is -1.88. The molecule has 15 heteroatoms. The van der Waals surface area contributed by atoms with E-state index in [2.05, 4.69) is 0 Å². The van der Waals surface area contributed by atoms with E-state index in [1.165, 1.54) is 19.2 Å². The summed E-state index contributed by atoms with van der Waals surface area (Å²) < 4.78 is 32.4. The van der Waals surface area contributed by atoms with E-state index in [1.807, 2.05) is 0 Å². The maximum absolute atomic E-state index is 12.8. The van der Waals surface area contributed by atoms with Crippen LogP contribution in [0.1, 0.15) is 0 Å². The highest BCUT2D eigenvalue weighted by atomic mass is 16.8. The molecule has 8 N–H and O–H groups in total. The van der Waals surface area contributed by atoms with Gasteiger partial charge in [0.2, 0.25) is 6.29 Å². The fraction of sp³-hybridized carbons (Fsp3) is 0.444. The standard InChI is InChI=1S/C27H30O15/c1-37-11-4-2-10(3-5-11)15-8-14(29)18-13(28)6-12(7-16(18)40-15)39-27-24(35)20(31)19(30)17(41-27)9-38-26-23(34)21(32)22(33)25(36)42-26/h2-8,17,19-28,30-36H,9H2,1H3/t17-,19-,20+,21-,22-,23-,24-,25-,26-,27-/m1/s1. The summed E-state index contributed by atoms with van der Waals surface area (Å²) in [6.45, 7) is -0.592. The molecular formula is C27H30O15. The van der Waals surface area contributed by atoms with E-state index in [-0.39, 0.29) is 22.5 Å². The number of methoxy groups -OCH3 is 1. The Morgan fingerprint density at radius 2 is 1.43 bits per heavy atom. The van der Waals surface area contributed by atoms with E-state index >= 15 is 0 Å². The Kier molecular flexibility index (Phi) is 8.68. The second kappa shape index (κ2) is 12.1. The second-order valence-corrected chi connectivity index (χ2v) is 9.85. The Morgan fingerprint density at radius 1 is 0.762 bits per heavy atom. The topological polar surface area (TPSA) is 238 Å². The number of phenols is 1. The SMILES string of the molecule is COc1ccc(-c2cc(=O)c3c(O)cc(O[C@@H]4O[C@H](CO[C@@H]5O[C@@H](O)[C@H](O)[C@@H](O)[C@H]5O)[C@@H](O)[C@H](O)[C@H]4O)cc3o2)cc1. The zero-order valence-corrected chi connectivity index (χ0v) is 22.0. The van der Waals surface area contributed by atoms with E-state index in [0.29, 0.717) is 11.3 Å². The van der Waals surface area contributed by atoms with Crippen molar-refractivity contribution in [2.75, 3.05) is 13.7 Å². The molecule has 0 aliphatic carbocycles. The lowest BCUT2D eigenvalue weighted by Gasteiger charge is -2.42. The molecule has 3 heterocycles. The van der Waals surface area contributed by atoms with Gasteiger partial charge in [-0.05, 0) is 24.3 Å². The maximum atomic E-state index is 12.8. The number of hydrogen-bond acceptors (Lipinski definition) is 15. The van der Waals surface area contributed by atoms with Crippen LogP contribution in [0.2, 0.25) is 0 Å². The third-order valence-corrected chi connectivity index (χ3v) is 7.05. The van der Waals surface area contributed by atoms with Crippen molar-refractivity contribution in [2.24, 2.45) is 0 Å². The van der Waals surface area contributed by atoms with Crippen LogP contribution >= 0.6 is 0 Å². The monoisotopic (exact) mass is 594 g/mol. The third-order valence-electron chi connectivity index (χ3n) is 7.05. The van der Waals surface area contributed by atoms with Crippen LogP contribution in [0.15, 0.2) is 51.7 Å². The van der Waals surface area contributed by atoms with Crippen LogP contribution in [-0.2, 0) is 14.2 Å². The molecule has 0 spiro atoms. The van der Waals surface area contributed by atoms with Crippen LogP contribution < -0.4 is 14.9 Å². The largest absolute Gasteiger partial charge is 0.507 e. The lowest BCUT2D eigenvalue weighted by atomic mass is 9.99. The minimum Gasteiger partial charge on any atom is -0.507 e. The molecule has 2 saturated heterocycles. The molecule has 2 fully saturated rings. The van der Waals surface area contributed by atoms with Crippen LogP contribution in [0.3, 0.4) is 0 Å². The number of fused-ring (bicyclic) bond motifs is 1. The number of ether oxygens (including phenoxy) is 5. The molecule has 15 nitrogen and oxygen atoms in total. The van der Waals surface area contributed by atoms with E-state index in [9.17, 15) is 45.6 Å². The van der Waals surface area contributed by atoms with Gasteiger partial charge in [-0.25, -0.2) is 0 Å². The molecule has 2 aromatic carbocycles. The summed E-state index contributed by atoms with van der Waals surface area (Å²) in [6.07, 6.45) is -17.2. The Morgan fingerprint density at radius 3 is 2.12 bits per heavy atom. The molecule has 0 amide bonds. The van der Waals surface area contributed by atoms with Crippen LogP contribution in [0.4, 0.5) is 0 Å². The fourth-order valence-electron chi connectivity index (χ4n) is 4.65. The van der Waals surface area contributed by atoms with Gasteiger partial charge < -0.3 is 69.0 Å². The highest BCUT2D eigenvalue weighted by Crippen LogP contribution is 2.34. The lowest BCUT2D eigenvalue weighted by molar-refractivity contribution is -0.350. The average Bonchev–Trinajstić information content (AvgIpc) is 2.97. The Balaban J connectivity index is 1.35. The summed E-state index contributed by atoms with van der Waals surface area (Å²) in [5.41, 5.74) is -0.0456. The van der Waals surface area contributed by atoms with Crippen LogP contribution in [0.25, 0.3) is 22.3 Å². The first-order chi connectivity index (χ1) is 20.0. The molecule has 42 heavy (non-hydrogen) atoms. The summed E-state index contributed by atoms with van der Waals surface area (Å²) >= 11 is 0. The number of aliphatic hydroxyl groups is 7. The quantitative estimate of drug-likeness (QED) is 0.150. The molecule has 2 aliphatic heterocycles. The normalized spacial score (nSPS) is 33.4. The summed E-state index contributed by atoms with van der Waals surface area (Å²) in [5.74, 6) is 0.152. The number of rotatable bonds is 7. The van der Waals surface area contributed by atoms with Gasteiger partial charge in [0, 0.05) is 23.8 Å². The predicted molar refractivity (Wildman–Crippen MR) is 138 cm³/mol. The number of benzene rings is 2. The summed E-state index contributed by atoms with van der Waals surface area (Å²) in [4.78, 5) is 12.8. The Bertz CT molecular complexity index is 1440. The molecule has 5 rings (SSSR count). The third kappa shape index (κ3) is 5.80. The van der Waals surface area contributed by atoms with Crippen molar-refractivity contribution in [2.45, 2.75) is 61.6 Å². The van der Waals surface area contributed by atoms with Crippen molar-refractivity contribution in [1.82, 2.24) is 0 Å². The maximum Gasteiger partial charge on any atom is 0.229 e. The first kappa shape index (κ1) is 30.1. The molecule has 0 saturated carbocycles. The molecule has 10 atom stereocenters. The zero-order chi connectivity index (χ0) is 30.3. The molecule has 3 aromatic rings. The van der Waals surface area contributed by atoms with Gasteiger partial charge >= 0.3 is 0 Å². The van der Waals surface area contributed by atoms with Gasteiger partial charge in [-0.2, -0.15) is 0 Å². The number of phenolic OH excluding ortho intramolecular Hbond substituents is 1. The van der Waals surface area contributed by atoms with Gasteiger partial charge in [0.25, 0.3) is 0 Å². The first-order valence-corrected chi connectivity index (χ1v) is 12.8. The smallest absolute Gasteiger partial charge is 0.229 e. The van der Waals surface area contributed by atoms with Crippen LogP contribution in [-0.4, -0.2) is 116 Å². The highest BCUT2D eigenvalue weighted by molar-refractivity contribution is 5.86. The molecule has 0 radical (unpaired) electrons. The predicted octanol–water partition coefficient (Wildman–Crippen LogP) is -1.87. The molecule has 1 aromatic heterocycles. The minimum absolute atomic E-state index is 0.0585. The van der Waals surface area contributed by atoms with Crippen molar-refractivity contribution in [3.63, 3.8) is 0 Å². The van der Waals surface area contributed by atoms with E-state index < -0.39 is 79.4 Å². The van der Waals surface area contributed by atoms with Crippen molar-refractivity contribution in [1.29, 1.82) is 0 Å². The highest BCUT2D eigenvalue weighted by Gasteiger charge is 2.47. The summed E-state index contributed by atoms with van der Waals surface area (Å²) in [7, 11) is 1.51. The molecule has 2 aliphatic rings. The lowest BCUT2D eigenvalue weighted by Crippen LogP contribution is -2.61. The average molecular weight is 595 g/mol. The summed E-state index contributed by atoms with van der Waals surface area (Å²) in [6, 6.07) is 10.2. The number of aromatic hydroxyl groups is 1. The summed E-state index contributed by atoms with van der Waals surface area (Å²) in [5, 5.41) is 80.9. The molecule has 0 bridgehead atoms. The van der Waals surface area contributed by atoms with Gasteiger partial charge in [0.15, 0.2) is 18.0 Å². The fourth-order valence-corrected chi connectivity index (χ4v) is 4.65. The van der Waals surface area contributed by atoms with Gasteiger partial charge in [-0.15, -0.1) is 0 Å². The molecule has 0 unspecified atom stereocenters. The molecular weight excluding hydrogens is 564 g/mol. The van der Waals surface area contributed by atoms with Gasteiger partial charge in [-0.1, -0.05) is 0 Å². The van der Waals surface area contributed by atoms with Crippen molar-refractivity contribution in [3.05, 3.63) is 52.7 Å². The van der Waals surface area contributed by atoms with E-state index in [0.717, 1.165) is 6.07 Å². The van der Waals surface area contributed by atoms with E-state index in [4.69, 9.17) is 28.1 Å². The Labute approximate surface area is 236 Å². The van der Waals surface area contributed by atoms with Gasteiger partial charge in [0.05, 0.1) is 13.7 Å². The number of aliphatic hydroxyl groups excluding tert-OH is 7. The van der Waals surface area contributed by atoms with Crippen LogP contribution in [0.5, 0.6) is 17.2 Å². The van der Waals surface area contributed by atoms with E-state index in [1.54, 1.807) is 24.3 Å². The van der Waals surface area contributed by atoms with Gasteiger partial charge in [0.1, 0.15) is 76.7 Å². The Hall–Kier alpha value is -3.35. The van der Waals surface area contributed by atoms with Crippen molar-refractivity contribution in [3.8, 4) is 28.6 Å². The second-order valence-electron chi connectivity index (χ2n) is 9.85. The molecule has 228 valence electrons. The van der Waals surface area contributed by atoms with Crippen LogP contribution in [0, 0.1) is 0 Å². The number of hydrogen-bond donors (Lipinski definition) is 8. The van der Waals surface area contributed by atoms with Gasteiger partial charge in [-0.3, -0.25) is 4.79 Å². The van der Waals surface area contributed by atoms with Crippen molar-refractivity contribution >= 4 is 11.0 Å².